The fourth-order valence-corrected chi connectivity index (χ4v) is 3.22. The van der Waals surface area contributed by atoms with E-state index in [-0.39, 0.29) is 11.8 Å². The monoisotopic (exact) mass is 414 g/mol. The Morgan fingerprint density at radius 3 is 2.55 bits per heavy atom. The molecule has 0 saturated carbocycles. The molecular weight excluding hydrogens is 389 g/mol. The van der Waals surface area contributed by atoms with Gasteiger partial charge in [-0.15, -0.1) is 0 Å². The maximum Gasteiger partial charge on any atom is 0.243 e. The van der Waals surface area contributed by atoms with Crippen LogP contribution in [0.1, 0.15) is 19.8 Å². The molecule has 10 heteroatoms. The van der Waals surface area contributed by atoms with Crippen molar-refractivity contribution in [2.45, 2.75) is 25.8 Å². The third-order valence-corrected chi connectivity index (χ3v) is 4.90. The van der Waals surface area contributed by atoms with Crippen molar-refractivity contribution in [3.05, 3.63) is 29.6 Å². The highest BCUT2D eigenvalue weighted by Crippen LogP contribution is 2.21. The van der Waals surface area contributed by atoms with E-state index >= 15 is 0 Å². The van der Waals surface area contributed by atoms with Crippen LogP contribution in [0.4, 0.5) is 18.9 Å². The van der Waals surface area contributed by atoms with Crippen LogP contribution < -0.4 is 10.6 Å². The van der Waals surface area contributed by atoms with Crippen LogP contribution in [-0.4, -0.2) is 67.3 Å². The zero-order chi connectivity index (χ0) is 21.7. The summed E-state index contributed by atoms with van der Waals surface area (Å²) in [6, 6.07) is 1.02. The molecule has 29 heavy (non-hydrogen) atoms. The lowest BCUT2D eigenvalue weighted by Gasteiger charge is -2.36. The summed E-state index contributed by atoms with van der Waals surface area (Å²) in [4.78, 5) is 39.8. The summed E-state index contributed by atoms with van der Waals surface area (Å²) in [5.74, 6) is -5.95. The molecule has 3 amide bonds. The molecule has 0 bridgehead atoms. The van der Waals surface area contributed by atoms with E-state index in [2.05, 4.69) is 10.6 Å². The molecule has 0 aliphatic carbocycles. The zero-order valence-corrected chi connectivity index (χ0v) is 16.6. The molecule has 1 fully saturated rings. The minimum atomic E-state index is -1.69. The summed E-state index contributed by atoms with van der Waals surface area (Å²) in [5.41, 5.74) is -0.516. The second-order valence-corrected chi connectivity index (χ2v) is 7.23. The largest absolute Gasteiger partial charge is 0.349 e. The molecule has 0 aromatic heterocycles. The number of hydrogen-bond acceptors (Lipinski definition) is 4. The SMILES string of the molecule is CC(C(=O)NCC(=O)Nc1ccc(F)c(F)c1F)N1CCCC(C(=O)N(C)C)C1. The molecule has 2 rings (SSSR count). The predicted octanol–water partition coefficient (Wildman–Crippen LogP) is 1.35. The Morgan fingerprint density at radius 2 is 1.90 bits per heavy atom. The van der Waals surface area contributed by atoms with Gasteiger partial charge >= 0.3 is 0 Å². The molecule has 2 unspecified atom stereocenters. The molecule has 7 nitrogen and oxygen atoms in total. The van der Waals surface area contributed by atoms with Gasteiger partial charge < -0.3 is 15.5 Å². The van der Waals surface area contributed by atoms with Crippen LogP contribution in [0.25, 0.3) is 0 Å². The fraction of sp³-hybridized carbons (Fsp3) is 0.526. The van der Waals surface area contributed by atoms with Gasteiger partial charge in [0.15, 0.2) is 17.5 Å². The lowest BCUT2D eigenvalue weighted by molar-refractivity contribution is -0.137. The van der Waals surface area contributed by atoms with Crippen LogP contribution in [0.15, 0.2) is 12.1 Å². The molecule has 1 aliphatic rings. The van der Waals surface area contributed by atoms with Gasteiger partial charge in [0.05, 0.1) is 24.2 Å². The predicted molar refractivity (Wildman–Crippen MR) is 100 cm³/mol. The number of carbonyl (C=O) groups excluding carboxylic acids is 3. The number of benzene rings is 1. The van der Waals surface area contributed by atoms with Crippen LogP contribution in [0.3, 0.4) is 0 Å². The molecule has 0 spiro atoms. The zero-order valence-electron chi connectivity index (χ0n) is 16.6. The van der Waals surface area contributed by atoms with E-state index in [9.17, 15) is 27.6 Å². The number of halogens is 3. The molecule has 1 aliphatic heterocycles. The third-order valence-electron chi connectivity index (χ3n) is 4.90. The summed E-state index contributed by atoms with van der Waals surface area (Å²) in [6.07, 6.45) is 1.53. The Hall–Kier alpha value is -2.62. The van der Waals surface area contributed by atoms with Crippen molar-refractivity contribution in [2.75, 3.05) is 39.0 Å². The lowest BCUT2D eigenvalue weighted by Crippen LogP contribution is -2.52. The topological polar surface area (TPSA) is 81.8 Å². The summed E-state index contributed by atoms with van der Waals surface area (Å²) in [6.45, 7) is 2.30. The van der Waals surface area contributed by atoms with Crippen molar-refractivity contribution < 1.29 is 27.6 Å². The molecule has 1 aromatic rings. The number of piperidine rings is 1. The van der Waals surface area contributed by atoms with E-state index in [1.54, 1.807) is 21.0 Å². The second-order valence-electron chi connectivity index (χ2n) is 7.23. The van der Waals surface area contributed by atoms with Gasteiger partial charge in [-0.1, -0.05) is 0 Å². The van der Waals surface area contributed by atoms with Crippen molar-refractivity contribution >= 4 is 23.4 Å². The standard InChI is InChI=1S/C19H25F3N4O3/c1-11(26-8-4-5-12(10-26)19(29)25(2)3)18(28)23-9-15(27)24-14-7-6-13(20)16(21)17(14)22/h6-7,11-12H,4-5,8-10H2,1-3H3,(H,23,28)(H,24,27). The highest BCUT2D eigenvalue weighted by Gasteiger charge is 2.31. The van der Waals surface area contributed by atoms with E-state index in [0.717, 1.165) is 18.9 Å². The smallest absolute Gasteiger partial charge is 0.243 e. The Kier molecular flexibility index (Phi) is 7.60. The van der Waals surface area contributed by atoms with Crippen molar-refractivity contribution in [1.29, 1.82) is 0 Å². The van der Waals surface area contributed by atoms with Gasteiger partial charge in [-0.05, 0) is 38.4 Å². The highest BCUT2D eigenvalue weighted by atomic mass is 19.2. The summed E-state index contributed by atoms with van der Waals surface area (Å²) in [5, 5.41) is 4.52. The van der Waals surface area contributed by atoms with Gasteiger partial charge in [-0.2, -0.15) is 0 Å². The van der Waals surface area contributed by atoms with E-state index < -0.39 is 47.5 Å². The van der Waals surface area contributed by atoms with Gasteiger partial charge in [0.1, 0.15) is 0 Å². The van der Waals surface area contributed by atoms with Gasteiger partial charge in [-0.3, -0.25) is 19.3 Å². The summed E-state index contributed by atoms with van der Waals surface area (Å²) in [7, 11) is 3.37. The first-order chi connectivity index (χ1) is 13.6. The number of likely N-dealkylation sites (tertiary alicyclic amines) is 1. The Bertz CT molecular complexity index is 788. The maximum atomic E-state index is 13.6. The van der Waals surface area contributed by atoms with Crippen LogP contribution in [0.2, 0.25) is 0 Å². The van der Waals surface area contributed by atoms with Gasteiger partial charge in [0, 0.05) is 20.6 Å². The number of nitrogens with one attached hydrogen (secondary N) is 2. The maximum absolute atomic E-state index is 13.6. The Balaban J connectivity index is 1.87. The van der Waals surface area contributed by atoms with Gasteiger partial charge in [0.2, 0.25) is 17.7 Å². The minimum Gasteiger partial charge on any atom is -0.349 e. The quantitative estimate of drug-likeness (QED) is 0.689. The van der Waals surface area contributed by atoms with Gasteiger partial charge in [-0.25, -0.2) is 13.2 Å². The van der Waals surface area contributed by atoms with Crippen LogP contribution >= 0.6 is 0 Å². The molecule has 1 saturated heterocycles. The second kappa shape index (κ2) is 9.73. The van der Waals surface area contributed by atoms with E-state index in [0.29, 0.717) is 19.2 Å². The number of rotatable bonds is 6. The van der Waals surface area contributed by atoms with E-state index in [4.69, 9.17) is 0 Å². The van der Waals surface area contributed by atoms with Crippen LogP contribution in [0, 0.1) is 23.4 Å². The number of nitrogens with zero attached hydrogens (tertiary/aromatic N) is 2. The number of carbonyl (C=O) groups is 3. The molecule has 1 heterocycles. The first-order valence-electron chi connectivity index (χ1n) is 9.28. The Labute approximate surface area is 167 Å². The number of amides is 3. The molecule has 160 valence electrons. The lowest BCUT2D eigenvalue weighted by atomic mass is 9.95. The summed E-state index contributed by atoms with van der Waals surface area (Å²) < 4.78 is 39.7. The number of anilines is 1. The molecular formula is C19H25F3N4O3. The Morgan fingerprint density at radius 1 is 1.21 bits per heavy atom. The molecule has 2 atom stereocenters. The average molecular weight is 414 g/mol. The molecule has 1 aromatic carbocycles. The van der Waals surface area contributed by atoms with Crippen molar-refractivity contribution in [3.8, 4) is 0 Å². The van der Waals surface area contributed by atoms with Crippen LogP contribution in [-0.2, 0) is 14.4 Å². The molecule has 0 radical (unpaired) electrons. The summed E-state index contributed by atoms with van der Waals surface area (Å²) >= 11 is 0. The first-order valence-corrected chi connectivity index (χ1v) is 9.28. The average Bonchev–Trinajstić information content (AvgIpc) is 2.71. The number of hydrogen-bond donors (Lipinski definition) is 2. The van der Waals surface area contributed by atoms with Crippen molar-refractivity contribution in [2.24, 2.45) is 5.92 Å². The normalized spacial score (nSPS) is 18.1. The van der Waals surface area contributed by atoms with E-state index in [1.807, 2.05) is 4.90 Å². The van der Waals surface area contributed by atoms with Gasteiger partial charge in [0.25, 0.3) is 0 Å². The minimum absolute atomic E-state index is 0.00948. The third kappa shape index (κ3) is 5.69. The van der Waals surface area contributed by atoms with Crippen molar-refractivity contribution in [1.82, 2.24) is 15.1 Å². The van der Waals surface area contributed by atoms with Crippen molar-refractivity contribution in [3.63, 3.8) is 0 Å². The van der Waals surface area contributed by atoms with E-state index in [1.165, 1.54) is 4.90 Å². The van der Waals surface area contributed by atoms with Crippen LogP contribution in [0.5, 0.6) is 0 Å². The molecule has 2 N–H and O–H groups in total. The highest BCUT2D eigenvalue weighted by molar-refractivity contribution is 5.95. The first kappa shape index (κ1) is 22.7. The fourth-order valence-electron chi connectivity index (χ4n) is 3.22.